The fraction of sp³-hybridized carbons (Fsp3) is 0.308. The molecule has 0 aliphatic rings. The van der Waals surface area contributed by atoms with Gasteiger partial charge in [0.1, 0.15) is 5.75 Å². The van der Waals surface area contributed by atoms with Crippen LogP contribution in [0.4, 0.5) is 18.9 Å². The van der Waals surface area contributed by atoms with E-state index < -0.39 is 12.8 Å². The first-order valence-electron chi connectivity index (χ1n) is 6.00. The lowest BCUT2D eigenvalue weighted by molar-refractivity contribution is -0.153. The number of benzene rings is 1. The fourth-order valence-electron chi connectivity index (χ4n) is 1.69. The molecule has 1 heterocycles. The van der Waals surface area contributed by atoms with E-state index in [-0.39, 0.29) is 11.8 Å². The summed E-state index contributed by atoms with van der Waals surface area (Å²) in [5, 5.41) is 9.72. The highest BCUT2D eigenvalue weighted by Crippen LogP contribution is 2.29. The smallest absolute Gasteiger partial charge is 0.422 e. The number of nitrogens with one attached hydrogen (secondary N) is 2. The van der Waals surface area contributed by atoms with E-state index in [2.05, 4.69) is 15.5 Å². The van der Waals surface area contributed by atoms with E-state index in [0.29, 0.717) is 5.69 Å². The first-order chi connectivity index (χ1) is 9.46. The normalized spacial score (nSPS) is 13.0. The molecule has 1 atom stereocenters. The van der Waals surface area contributed by atoms with Gasteiger partial charge in [0.25, 0.3) is 0 Å². The second-order valence-corrected chi connectivity index (χ2v) is 4.28. The maximum absolute atomic E-state index is 12.2. The number of ether oxygens (including phenoxy) is 1. The molecule has 1 aromatic heterocycles. The van der Waals surface area contributed by atoms with Crippen LogP contribution in [-0.2, 0) is 0 Å². The van der Waals surface area contributed by atoms with Crippen molar-refractivity contribution in [2.75, 3.05) is 11.9 Å². The summed E-state index contributed by atoms with van der Waals surface area (Å²) in [6.45, 7) is 0.554. The molecule has 108 valence electrons. The van der Waals surface area contributed by atoms with Gasteiger partial charge in [-0.1, -0.05) is 12.1 Å². The van der Waals surface area contributed by atoms with Crippen LogP contribution in [-0.4, -0.2) is 23.0 Å². The maximum atomic E-state index is 12.2. The molecule has 0 saturated heterocycles. The third-order valence-electron chi connectivity index (χ3n) is 2.64. The number of anilines is 1. The predicted molar refractivity (Wildman–Crippen MR) is 68.6 cm³/mol. The molecular formula is C13H14F3N3O. The quantitative estimate of drug-likeness (QED) is 0.883. The second-order valence-electron chi connectivity index (χ2n) is 4.28. The first-order valence-corrected chi connectivity index (χ1v) is 6.00. The van der Waals surface area contributed by atoms with Crippen LogP contribution in [0.5, 0.6) is 5.75 Å². The Kier molecular flexibility index (Phi) is 4.16. The molecule has 1 unspecified atom stereocenters. The summed E-state index contributed by atoms with van der Waals surface area (Å²) in [5.74, 6) is 0.163. The van der Waals surface area contributed by atoms with Crippen molar-refractivity contribution in [1.29, 1.82) is 0 Å². The zero-order chi connectivity index (χ0) is 14.6. The minimum Gasteiger partial charge on any atom is -0.482 e. The highest BCUT2D eigenvalue weighted by molar-refractivity contribution is 5.57. The van der Waals surface area contributed by atoms with Crippen LogP contribution in [0, 0.1) is 0 Å². The van der Waals surface area contributed by atoms with Gasteiger partial charge in [0.15, 0.2) is 6.61 Å². The lowest BCUT2D eigenvalue weighted by atomic mass is 10.2. The highest BCUT2D eigenvalue weighted by atomic mass is 19.4. The number of halogens is 3. The molecule has 2 aromatic rings. The average Bonchev–Trinajstić information content (AvgIpc) is 2.90. The summed E-state index contributed by atoms with van der Waals surface area (Å²) in [7, 11) is 0. The van der Waals surface area contributed by atoms with Crippen molar-refractivity contribution < 1.29 is 17.9 Å². The van der Waals surface area contributed by atoms with Crippen LogP contribution in [0.15, 0.2) is 36.5 Å². The van der Waals surface area contributed by atoms with Gasteiger partial charge in [0.05, 0.1) is 17.4 Å². The summed E-state index contributed by atoms with van der Waals surface area (Å²) in [6.07, 6.45) is -2.75. The Balaban J connectivity index is 2.08. The Morgan fingerprint density at radius 3 is 2.70 bits per heavy atom. The number of para-hydroxylation sites is 2. The van der Waals surface area contributed by atoms with Gasteiger partial charge in [-0.25, -0.2) is 0 Å². The molecule has 0 fully saturated rings. The minimum absolute atomic E-state index is 0.131. The van der Waals surface area contributed by atoms with Crippen molar-refractivity contribution in [3.63, 3.8) is 0 Å². The summed E-state index contributed by atoms with van der Waals surface area (Å²) < 4.78 is 41.4. The van der Waals surface area contributed by atoms with Crippen molar-refractivity contribution in [3.8, 4) is 5.75 Å². The molecule has 0 bridgehead atoms. The number of hydrogen-bond acceptors (Lipinski definition) is 3. The number of aromatic amines is 1. The van der Waals surface area contributed by atoms with Gasteiger partial charge >= 0.3 is 6.18 Å². The Labute approximate surface area is 114 Å². The SMILES string of the molecule is CC(Nc1ccccc1OCC(F)(F)F)c1ccn[nH]1. The molecule has 0 spiro atoms. The molecule has 20 heavy (non-hydrogen) atoms. The first kappa shape index (κ1) is 14.2. The van der Waals surface area contributed by atoms with Crippen molar-refractivity contribution >= 4 is 5.69 Å². The third kappa shape index (κ3) is 3.91. The number of alkyl halides is 3. The molecule has 0 amide bonds. The van der Waals surface area contributed by atoms with Crippen molar-refractivity contribution in [3.05, 3.63) is 42.2 Å². The molecule has 0 radical (unpaired) electrons. The van der Waals surface area contributed by atoms with Gasteiger partial charge in [0, 0.05) is 6.20 Å². The van der Waals surface area contributed by atoms with Crippen LogP contribution in [0.2, 0.25) is 0 Å². The fourth-order valence-corrected chi connectivity index (χ4v) is 1.69. The van der Waals surface area contributed by atoms with E-state index >= 15 is 0 Å². The standard InChI is InChI=1S/C13H14F3N3O/c1-9(10-6-7-17-19-10)18-11-4-2-3-5-12(11)20-8-13(14,15)16/h2-7,9,18H,8H2,1H3,(H,17,19). The average molecular weight is 285 g/mol. The Hall–Kier alpha value is -2.18. The maximum Gasteiger partial charge on any atom is 0.422 e. The highest BCUT2D eigenvalue weighted by Gasteiger charge is 2.28. The summed E-state index contributed by atoms with van der Waals surface area (Å²) in [4.78, 5) is 0. The van der Waals surface area contributed by atoms with E-state index in [1.165, 1.54) is 6.07 Å². The summed E-state index contributed by atoms with van der Waals surface area (Å²) in [5.41, 5.74) is 1.33. The van der Waals surface area contributed by atoms with Gasteiger partial charge in [-0.2, -0.15) is 18.3 Å². The minimum atomic E-state index is -4.36. The molecule has 2 rings (SSSR count). The number of H-pyrrole nitrogens is 1. The summed E-state index contributed by atoms with van der Waals surface area (Å²) in [6, 6.07) is 8.16. The van der Waals surface area contributed by atoms with E-state index in [9.17, 15) is 13.2 Å². The number of nitrogens with zero attached hydrogens (tertiary/aromatic N) is 1. The van der Waals surface area contributed by atoms with Crippen LogP contribution >= 0.6 is 0 Å². The van der Waals surface area contributed by atoms with Crippen molar-refractivity contribution in [1.82, 2.24) is 10.2 Å². The van der Waals surface area contributed by atoms with Gasteiger partial charge < -0.3 is 10.1 Å². The monoisotopic (exact) mass is 285 g/mol. The third-order valence-corrected chi connectivity index (χ3v) is 2.64. The van der Waals surface area contributed by atoms with E-state index in [4.69, 9.17) is 4.74 Å². The number of hydrogen-bond donors (Lipinski definition) is 2. The molecule has 2 N–H and O–H groups in total. The zero-order valence-electron chi connectivity index (χ0n) is 10.7. The topological polar surface area (TPSA) is 49.9 Å². The Morgan fingerprint density at radius 2 is 2.05 bits per heavy atom. The van der Waals surface area contributed by atoms with Crippen molar-refractivity contribution in [2.45, 2.75) is 19.1 Å². The molecule has 7 heteroatoms. The molecular weight excluding hydrogens is 271 g/mol. The van der Waals surface area contributed by atoms with Crippen LogP contribution < -0.4 is 10.1 Å². The molecule has 0 saturated carbocycles. The number of aromatic nitrogens is 2. The van der Waals surface area contributed by atoms with Gasteiger partial charge in [0.2, 0.25) is 0 Å². The summed E-state index contributed by atoms with van der Waals surface area (Å²) >= 11 is 0. The van der Waals surface area contributed by atoms with E-state index in [0.717, 1.165) is 5.69 Å². The predicted octanol–water partition coefficient (Wildman–Crippen LogP) is 3.52. The lowest BCUT2D eigenvalue weighted by Crippen LogP contribution is -2.20. The van der Waals surface area contributed by atoms with Gasteiger partial charge in [-0.05, 0) is 25.1 Å². The van der Waals surface area contributed by atoms with Gasteiger partial charge in [-0.3, -0.25) is 5.10 Å². The van der Waals surface area contributed by atoms with Crippen LogP contribution in [0.1, 0.15) is 18.7 Å². The Bertz CT molecular complexity index is 540. The largest absolute Gasteiger partial charge is 0.482 e. The zero-order valence-corrected chi connectivity index (χ0v) is 10.7. The van der Waals surface area contributed by atoms with Crippen LogP contribution in [0.25, 0.3) is 0 Å². The van der Waals surface area contributed by atoms with Crippen molar-refractivity contribution in [2.24, 2.45) is 0 Å². The van der Waals surface area contributed by atoms with E-state index in [1.54, 1.807) is 30.5 Å². The number of rotatable bonds is 5. The lowest BCUT2D eigenvalue weighted by Gasteiger charge is -2.17. The molecule has 4 nitrogen and oxygen atoms in total. The van der Waals surface area contributed by atoms with Crippen LogP contribution in [0.3, 0.4) is 0 Å². The Morgan fingerprint density at radius 1 is 1.30 bits per heavy atom. The molecule has 0 aliphatic heterocycles. The van der Waals surface area contributed by atoms with Gasteiger partial charge in [-0.15, -0.1) is 0 Å². The second kappa shape index (κ2) is 5.85. The molecule has 1 aromatic carbocycles. The van der Waals surface area contributed by atoms with E-state index in [1.807, 2.05) is 6.92 Å². The molecule has 0 aliphatic carbocycles.